The van der Waals surface area contributed by atoms with E-state index in [1.54, 1.807) is 7.11 Å². The van der Waals surface area contributed by atoms with Gasteiger partial charge in [-0.25, -0.2) is 0 Å². The minimum atomic E-state index is 0.295. The summed E-state index contributed by atoms with van der Waals surface area (Å²) in [7, 11) is 1.79. The van der Waals surface area contributed by atoms with E-state index in [-0.39, 0.29) is 0 Å². The normalized spacial score (nSPS) is 26.4. The highest BCUT2D eigenvalue weighted by molar-refractivity contribution is 4.92. The van der Waals surface area contributed by atoms with Gasteiger partial charge in [0.25, 0.3) is 0 Å². The van der Waals surface area contributed by atoms with E-state index in [4.69, 9.17) is 10.5 Å². The molecule has 0 saturated heterocycles. The van der Waals surface area contributed by atoms with Crippen molar-refractivity contribution in [2.24, 2.45) is 17.1 Å². The van der Waals surface area contributed by atoms with Crippen molar-refractivity contribution in [2.45, 2.75) is 71.9 Å². The molecule has 0 amide bonds. The van der Waals surface area contributed by atoms with E-state index in [0.717, 1.165) is 19.7 Å². The highest BCUT2D eigenvalue weighted by Crippen LogP contribution is 2.38. The number of methoxy groups -OCH3 is 1. The molecule has 1 saturated carbocycles. The highest BCUT2D eigenvalue weighted by Gasteiger charge is 2.37. The van der Waals surface area contributed by atoms with Crippen LogP contribution >= 0.6 is 0 Å². The monoisotopic (exact) mass is 284 g/mol. The van der Waals surface area contributed by atoms with Crippen molar-refractivity contribution in [3.63, 3.8) is 0 Å². The SMILES string of the molecule is CCC(CC)N(CCOC)CC1CCCC(C)(C)C1N. The van der Waals surface area contributed by atoms with Crippen molar-refractivity contribution < 1.29 is 4.74 Å². The minimum absolute atomic E-state index is 0.295. The second kappa shape index (κ2) is 8.35. The second-order valence-corrected chi connectivity index (χ2v) is 7.12. The van der Waals surface area contributed by atoms with Gasteiger partial charge in [0.05, 0.1) is 6.61 Å². The molecule has 2 unspecified atom stereocenters. The van der Waals surface area contributed by atoms with Crippen molar-refractivity contribution in [2.75, 3.05) is 26.8 Å². The zero-order chi connectivity index (χ0) is 15.2. The number of ether oxygens (including phenoxy) is 1. The quantitative estimate of drug-likeness (QED) is 0.743. The lowest BCUT2D eigenvalue weighted by Gasteiger charge is -2.44. The van der Waals surface area contributed by atoms with Crippen LogP contribution < -0.4 is 5.73 Å². The molecule has 0 aliphatic heterocycles. The van der Waals surface area contributed by atoms with Crippen molar-refractivity contribution in [1.29, 1.82) is 0 Å². The van der Waals surface area contributed by atoms with E-state index in [9.17, 15) is 0 Å². The average Bonchev–Trinajstić information content (AvgIpc) is 2.42. The number of hydrogen-bond acceptors (Lipinski definition) is 3. The van der Waals surface area contributed by atoms with Crippen LogP contribution in [0.2, 0.25) is 0 Å². The van der Waals surface area contributed by atoms with E-state index in [1.807, 2.05) is 0 Å². The Morgan fingerprint density at radius 2 is 1.95 bits per heavy atom. The molecule has 1 aliphatic rings. The van der Waals surface area contributed by atoms with E-state index in [0.29, 0.717) is 23.4 Å². The first-order valence-corrected chi connectivity index (χ1v) is 8.44. The zero-order valence-corrected chi connectivity index (χ0v) is 14.3. The van der Waals surface area contributed by atoms with E-state index in [1.165, 1.54) is 32.1 Å². The number of nitrogens with two attached hydrogens (primary N) is 1. The van der Waals surface area contributed by atoms with Crippen molar-refractivity contribution in [1.82, 2.24) is 4.90 Å². The summed E-state index contributed by atoms with van der Waals surface area (Å²) in [6.07, 6.45) is 6.31. The summed E-state index contributed by atoms with van der Waals surface area (Å²) in [6, 6.07) is 0.998. The van der Waals surface area contributed by atoms with Crippen LogP contribution in [0.3, 0.4) is 0 Å². The second-order valence-electron chi connectivity index (χ2n) is 7.12. The molecule has 20 heavy (non-hydrogen) atoms. The average molecular weight is 284 g/mol. The highest BCUT2D eigenvalue weighted by atomic mass is 16.5. The van der Waals surface area contributed by atoms with Crippen LogP contribution in [-0.4, -0.2) is 43.8 Å². The van der Waals surface area contributed by atoms with Gasteiger partial charge in [-0.2, -0.15) is 0 Å². The molecule has 0 aromatic rings. The molecular weight excluding hydrogens is 248 g/mol. The molecule has 0 aromatic carbocycles. The third-order valence-corrected chi connectivity index (χ3v) is 5.32. The summed E-state index contributed by atoms with van der Waals surface area (Å²) in [5.41, 5.74) is 6.85. The van der Waals surface area contributed by atoms with Gasteiger partial charge in [-0.3, -0.25) is 4.90 Å². The lowest BCUT2D eigenvalue weighted by molar-refractivity contribution is 0.0619. The van der Waals surface area contributed by atoms with Crippen molar-refractivity contribution >= 4 is 0 Å². The van der Waals surface area contributed by atoms with Crippen LogP contribution in [0.4, 0.5) is 0 Å². The maximum absolute atomic E-state index is 6.56. The molecule has 0 aromatic heterocycles. The number of nitrogens with zero attached hydrogens (tertiary/aromatic N) is 1. The first-order chi connectivity index (χ1) is 9.46. The molecule has 3 heteroatoms. The van der Waals surface area contributed by atoms with E-state index in [2.05, 4.69) is 32.6 Å². The van der Waals surface area contributed by atoms with Gasteiger partial charge < -0.3 is 10.5 Å². The van der Waals surface area contributed by atoms with Gasteiger partial charge in [0, 0.05) is 32.3 Å². The van der Waals surface area contributed by atoms with Gasteiger partial charge >= 0.3 is 0 Å². The fourth-order valence-corrected chi connectivity index (χ4v) is 3.75. The molecule has 0 spiro atoms. The van der Waals surface area contributed by atoms with Crippen molar-refractivity contribution in [3.05, 3.63) is 0 Å². The first kappa shape index (κ1) is 17.9. The van der Waals surface area contributed by atoms with Gasteiger partial charge in [-0.05, 0) is 37.0 Å². The third-order valence-electron chi connectivity index (χ3n) is 5.32. The standard InChI is InChI=1S/C17H36N2O/c1-6-15(7-2)19(11-12-20-5)13-14-9-8-10-17(3,4)16(14)18/h14-16H,6-13,18H2,1-5H3. The van der Waals surface area contributed by atoms with Gasteiger partial charge in [0.15, 0.2) is 0 Å². The molecular formula is C17H36N2O. The van der Waals surface area contributed by atoms with Crippen LogP contribution in [0.15, 0.2) is 0 Å². The zero-order valence-electron chi connectivity index (χ0n) is 14.3. The summed E-state index contributed by atoms with van der Waals surface area (Å²) < 4.78 is 5.30. The summed E-state index contributed by atoms with van der Waals surface area (Å²) in [5.74, 6) is 0.635. The molecule has 120 valence electrons. The number of hydrogen-bond donors (Lipinski definition) is 1. The predicted octanol–water partition coefficient (Wildman–Crippen LogP) is 3.28. The molecule has 0 radical (unpaired) electrons. The van der Waals surface area contributed by atoms with E-state index >= 15 is 0 Å². The minimum Gasteiger partial charge on any atom is -0.383 e. The van der Waals surface area contributed by atoms with Gasteiger partial charge in [-0.15, -0.1) is 0 Å². The molecule has 2 N–H and O–H groups in total. The van der Waals surface area contributed by atoms with Crippen LogP contribution in [0.1, 0.15) is 59.8 Å². The van der Waals surface area contributed by atoms with E-state index < -0.39 is 0 Å². The fourth-order valence-electron chi connectivity index (χ4n) is 3.75. The lowest BCUT2D eigenvalue weighted by atomic mass is 9.68. The largest absolute Gasteiger partial charge is 0.383 e. The maximum Gasteiger partial charge on any atom is 0.0589 e. The van der Waals surface area contributed by atoms with Crippen molar-refractivity contribution in [3.8, 4) is 0 Å². The lowest BCUT2D eigenvalue weighted by Crippen LogP contribution is -2.52. The Hall–Kier alpha value is -0.120. The van der Waals surface area contributed by atoms with Gasteiger partial charge in [0.2, 0.25) is 0 Å². The van der Waals surface area contributed by atoms with Crippen LogP contribution in [0.25, 0.3) is 0 Å². The molecule has 1 fully saturated rings. The summed E-state index contributed by atoms with van der Waals surface area (Å²) in [5, 5.41) is 0. The Morgan fingerprint density at radius 3 is 2.50 bits per heavy atom. The summed E-state index contributed by atoms with van der Waals surface area (Å²) >= 11 is 0. The molecule has 3 nitrogen and oxygen atoms in total. The summed E-state index contributed by atoms with van der Waals surface area (Å²) in [4.78, 5) is 2.62. The smallest absolute Gasteiger partial charge is 0.0589 e. The Kier molecular flexibility index (Phi) is 7.49. The molecule has 1 aliphatic carbocycles. The summed E-state index contributed by atoms with van der Waals surface area (Å²) in [6.45, 7) is 12.2. The molecule has 0 heterocycles. The van der Waals surface area contributed by atoms with Crippen LogP contribution in [0, 0.1) is 11.3 Å². The number of rotatable bonds is 8. The topological polar surface area (TPSA) is 38.5 Å². The molecule has 1 rings (SSSR count). The molecule has 2 atom stereocenters. The van der Waals surface area contributed by atoms with Crippen LogP contribution in [0.5, 0.6) is 0 Å². The fraction of sp³-hybridized carbons (Fsp3) is 1.00. The Labute approximate surface area is 126 Å². The molecule has 0 bridgehead atoms. The Morgan fingerprint density at radius 1 is 1.30 bits per heavy atom. The maximum atomic E-state index is 6.56. The van der Waals surface area contributed by atoms with Crippen LogP contribution in [-0.2, 0) is 4.74 Å². The Bertz CT molecular complexity index is 264. The van der Waals surface area contributed by atoms with Gasteiger partial charge in [-0.1, -0.05) is 34.1 Å². The Balaban J connectivity index is 2.67. The third kappa shape index (κ3) is 4.71. The predicted molar refractivity (Wildman–Crippen MR) is 86.9 cm³/mol. The first-order valence-electron chi connectivity index (χ1n) is 8.44. The van der Waals surface area contributed by atoms with Gasteiger partial charge in [0.1, 0.15) is 0 Å².